The molecule has 0 aliphatic carbocycles. The average Bonchev–Trinajstić information content (AvgIpc) is 3.51. The molecule has 0 bridgehead atoms. The molecule has 10 nitrogen and oxygen atoms in total. The van der Waals surface area contributed by atoms with Gasteiger partial charge in [-0.05, 0) is 30.2 Å². The first-order valence-electron chi connectivity index (χ1n) is 10.4. The van der Waals surface area contributed by atoms with Gasteiger partial charge < -0.3 is 14.3 Å². The first-order chi connectivity index (χ1) is 16.4. The van der Waals surface area contributed by atoms with Crippen molar-refractivity contribution in [3.8, 4) is 0 Å². The minimum atomic E-state index is -3.94. The normalized spacial score (nSPS) is 11.6. The molecule has 0 saturated carbocycles. The van der Waals surface area contributed by atoms with Crippen LogP contribution < -0.4 is 5.32 Å². The Morgan fingerprint density at radius 3 is 2.68 bits per heavy atom. The van der Waals surface area contributed by atoms with Gasteiger partial charge in [0.05, 0.1) is 16.1 Å². The number of nitro groups is 1. The Morgan fingerprint density at radius 1 is 1.12 bits per heavy atom. The third-order valence-corrected chi connectivity index (χ3v) is 6.54. The molecule has 11 heteroatoms. The van der Waals surface area contributed by atoms with Crippen molar-refractivity contribution >= 4 is 33.6 Å². The van der Waals surface area contributed by atoms with Crippen LogP contribution in [0.1, 0.15) is 17.9 Å². The number of anilines is 1. The summed E-state index contributed by atoms with van der Waals surface area (Å²) >= 11 is 0. The van der Waals surface area contributed by atoms with E-state index in [1.54, 1.807) is 48.9 Å². The van der Waals surface area contributed by atoms with Crippen molar-refractivity contribution in [2.45, 2.75) is 22.9 Å². The summed E-state index contributed by atoms with van der Waals surface area (Å²) in [4.78, 5) is 18.8. The minimum absolute atomic E-state index is 0.0353. The van der Waals surface area contributed by atoms with Gasteiger partial charge in [-0.1, -0.05) is 30.3 Å². The predicted molar refractivity (Wildman–Crippen MR) is 126 cm³/mol. The van der Waals surface area contributed by atoms with Crippen LogP contribution in [-0.2, 0) is 16.4 Å². The molecule has 1 N–H and O–H groups in total. The molecule has 0 aliphatic rings. The predicted octanol–water partition coefficient (Wildman–Crippen LogP) is 4.28. The molecule has 0 fully saturated rings. The van der Waals surface area contributed by atoms with Gasteiger partial charge in [0.15, 0.2) is 0 Å². The van der Waals surface area contributed by atoms with Crippen molar-refractivity contribution in [1.82, 2.24) is 14.5 Å². The topological polar surface area (TPSA) is 133 Å². The number of imidazole rings is 1. The minimum Gasteiger partial charge on any atom is -0.420 e. The molecular formula is C23H21N5O5S. The Labute approximate surface area is 195 Å². The van der Waals surface area contributed by atoms with Gasteiger partial charge in [0.2, 0.25) is 26.6 Å². The number of nitro benzene ring substituents is 1. The van der Waals surface area contributed by atoms with E-state index in [9.17, 15) is 18.5 Å². The molecule has 4 rings (SSSR count). The second-order valence-corrected chi connectivity index (χ2v) is 9.13. The highest BCUT2D eigenvalue weighted by molar-refractivity contribution is 7.91. The Kier molecular flexibility index (Phi) is 6.83. The average molecular weight is 480 g/mol. The second-order valence-electron chi connectivity index (χ2n) is 7.27. The number of nitrogens with one attached hydrogen (secondary N) is 1. The molecule has 0 unspecified atom stereocenters. The summed E-state index contributed by atoms with van der Waals surface area (Å²) in [7, 11) is -3.94. The van der Waals surface area contributed by atoms with Crippen LogP contribution in [0.4, 0.5) is 11.6 Å². The van der Waals surface area contributed by atoms with Gasteiger partial charge in [-0.2, -0.15) is 4.98 Å². The summed E-state index contributed by atoms with van der Waals surface area (Å²) in [6.07, 6.45) is 8.97. The number of non-ortho nitro benzene ring substituents is 1. The Bertz CT molecular complexity index is 1400. The maximum absolute atomic E-state index is 13.2. The van der Waals surface area contributed by atoms with Crippen molar-refractivity contribution in [2.24, 2.45) is 0 Å². The smallest absolute Gasteiger partial charge is 0.270 e. The van der Waals surface area contributed by atoms with E-state index >= 15 is 0 Å². The van der Waals surface area contributed by atoms with Crippen molar-refractivity contribution in [1.29, 1.82) is 0 Å². The van der Waals surface area contributed by atoms with Crippen LogP contribution in [-0.4, -0.2) is 34.4 Å². The van der Waals surface area contributed by atoms with Gasteiger partial charge in [0.1, 0.15) is 0 Å². The van der Waals surface area contributed by atoms with E-state index in [0.717, 1.165) is 0 Å². The quantitative estimate of drug-likeness (QED) is 0.202. The Morgan fingerprint density at radius 2 is 1.94 bits per heavy atom. The monoisotopic (exact) mass is 479 g/mol. The molecule has 2 heterocycles. The Hall–Kier alpha value is -4.25. The van der Waals surface area contributed by atoms with Crippen LogP contribution in [0.3, 0.4) is 0 Å². The third kappa shape index (κ3) is 5.38. The number of benzene rings is 2. The lowest BCUT2D eigenvalue weighted by Gasteiger charge is -2.06. The van der Waals surface area contributed by atoms with E-state index < -0.39 is 14.8 Å². The number of rotatable bonds is 10. The van der Waals surface area contributed by atoms with E-state index in [4.69, 9.17) is 4.42 Å². The van der Waals surface area contributed by atoms with Gasteiger partial charge in [-0.3, -0.25) is 10.1 Å². The lowest BCUT2D eigenvalue weighted by atomic mass is 10.2. The number of aromatic nitrogens is 3. The number of hydrogen-bond donors (Lipinski definition) is 1. The SMILES string of the molecule is O=[N+]([O-])c1cccc(/C=C/c2nc(S(=O)(=O)c3ccccc3)c(NCCCn3ccnc3)o2)c1. The summed E-state index contributed by atoms with van der Waals surface area (Å²) in [5, 5.41) is 13.8. The lowest BCUT2D eigenvalue weighted by Crippen LogP contribution is -2.09. The molecule has 0 atom stereocenters. The first-order valence-corrected chi connectivity index (χ1v) is 11.8. The van der Waals surface area contributed by atoms with Crippen molar-refractivity contribution in [2.75, 3.05) is 11.9 Å². The summed E-state index contributed by atoms with van der Waals surface area (Å²) < 4.78 is 34.0. The zero-order chi connectivity index (χ0) is 24.0. The zero-order valence-electron chi connectivity index (χ0n) is 17.9. The van der Waals surface area contributed by atoms with Crippen LogP contribution in [0.15, 0.2) is 87.7 Å². The molecule has 34 heavy (non-hydrogen) atoms. The maximum atomic E-state index is 13.2. The highest BCUT2D eigenvalue weighted by Crippen LogP contribution is 2.29. The molecule has 0 saturated heterocycles. The standard InChI is InChI=1S/C23H21N5O5S/c29-28(30)19-7-4-6-18(16-19)10-11-21-26-23(34(31,32)20-8-2-1-3-9-20)22(33-21)25-12-5-14-27-15-13-24-17-27/h1-4,6-11,13,15-17,25H,5,12,14H2/b11-10+. The number of aryl methyl sites for hydroxylation is 1. The van der Waals surface area contributed by atoms with Crippen LogP contribution >= 0.6 is 0 Å². The van der Waals surface area contributed by atoms with E-state index in [2.05, 4.69) is 15.3 Å². The molecule has 0 amide bonds. The molecule has 0 aliphatic heterocycles. The van der Waals surface area contributed by atoms with Gasteiger partial charge >= 0.3 is 0 Å². The largest absolute Gasteiger partial charge is 0.420 e. The van der Waals surface area contributed by atoms with Crippen molar-refractivity contribution < 1.29 is 17.8 Å². The van der Waals surface area contributed by atoms with Gasteiger partial charge in [-0.15, -0.1) is 0 Å². The summed E-state index contributed by atoms with van der Waals surface area (Å²) in [6, 6.07) is 14.0. The zero-order valence-corrected chi connectivity index (χ0v) is 18.8. The molecule has 0 radical (unpaired) electrons. The van der Waals surface area contributed by atoms with Crippen molar-refractivity contribution in [3.63, 3.8) is 0 Å². The molecule has 174 valence electrons. The van der Waals surface area contributed by atoms with Crippen LogP contribution in [0.25, 0.3) is 12.2 Å². The van der Waals surface area contributed by atoms with Crippen LogP contribution in [0, 0.1) is 10.1 Å². The number of nitrogens with zero attached hydrogens (tertiary/aromatic N) is 4. The van der Waals surface area contributed by atoms with Gasteiger partial charge in [-0.25, -0.2) is 13.4 Å². The van der Waals surface area contributed by atoms with Crippen LogP contribution in [0.5, 0.6) is 0 Å². The highest BCUT2D eigenvalue weighted by atomic mass is 32.2. The summed E-state index contributed by atoms with van der Waals surface area (Å²) in [6.45, 7) is 1.14. The van der Waals surface area contributed by atoms with Gasteiger partial charge in [0.25, 0.3) is 5.69 Å². The maximum Gasteiger partial charge on any atom is 0.270 e. The molecule has 4 aromatic rings. The first kappa shape index (κ1) is 22.9. The fraction of sp³-hybridized carbons (Fsp3) is 0.130. The van der Waals surface area contributed by atoms with Crippen molar-refractivity contribution in [3.05, 3.63) is 94.9 Å². The number of hydrogen-bond acceptors (Lipinski definition) is 8. The summed E-state index contributed by atoms with van der Waals surface area (Å²) in [5.74, 6) is 0.0892. The van der Waals surface area contributed by atoms with E-state index in [0.29, 0.717) is 25.1 Å². The third-order valence-electron chi connectivity index (χ3n) is 4.86. The number of sulfone groups is 1. The fourth-order valence-electron chi connectivity index (χ4n) is 3.19. The molecule has 2 aromatic heterocycles. The van der Waals surface area contributed by atoms with E-state index in [1.807, 2.05) is 10.8 Å². The lowest BCUT2D eigenvalue weighted by molar-refractivity contribution is -0.384. The molecule has 0 spiro atoms. The molecular weight excluding hydrogens is 458 g/mol. The second kappa shape index (κ2) is 10.1. The fourth-order valence-corrected chi connectivity index (χ4v) is 4.50. The van der Waals surface area contributed by atoms with Gasteiger partial charge in [0, 0.05) is 43.7 Å². The molecule has 2 aromatic carbocycles. The van der Waals surface area contributed by atoms with Crippen LogP contribution in [0.2, 0.25) is 0 Å². The number of oxazole rings is 1. The summed E-state index contributed by atoms with van der Waals surface area (Å²) in [5.41, 5.74) is 0.497. The van der Waals surface area contributed by atoms with E-state index in [-0.39, 0.29) is 27.4 Å². The Balaban J connectivity index is 1.59. The van der Waals surface area contributed by atoms with E-state index in [1.165, 1.54) is 30.3 Å². The highest BCUT2D eigenvalue weighted by Gasteiger charge is 2.27.